The van der Waals surface area contributed by atoms with Crippen LogP contribution in [0.15, 0.2) is 51.9 Å². The maximum atomic E-state index is 4.74. The summed E-state index contributed by atoms with van der Waals surface area (Å²) in [5.41, 5.74) is 3.73. The van der Waals surface area contributed by atoms with E-state index in [1.165, 1.54) is 0 Å². The summed E-state index contributed by atoms with van der Waals surface area (Å²) in [7, 11) is 0. The fraction of sp³-hybridized carbons (Fsp3) is 0.263. The molecular weight excluding hydrogens is 378 g/mol. The molecule has 2 aromatic carbocycles. The number of aromatic nitrogens is 4. The van der Waals surface area contributed by atoms with Gasteiger partial charge in [-0.15, -0.1) is 5.10 Å². The first-order valence-electron chi connectivity index (χ1n) is 8.05. The van der Waals surface area contributed by atoms with Crippen molar-refractivity contribution in [3.8, 4) is 5.69 Å². The molecule has 3 rings (SSSR count). The maximum Gasteiger partial charge on any atom is 0.183 e. The number of rotatable bonds is 4. The van der Waals surface area contributed by atoms with Gasteiger partial charge in [-0.3, -0.25) is 4.99 Å². The van der Waals surface area contributed by atoms with Gasteiger partial charge >= 0.3 is 0 Å². The fourth-order valence-electron chi connectivity index (χ4n) is 2.70. The Morgan fingerprint density at radius 2 is 1.68 bits per heavy atom. The summed E-state index contributed by atoms with van der Waals surface area (Å²) in [6, 6.07) is 14.2. The van der Waals surface area contributed by atoms with E-state index in [-0.39, 0.29) is 0 Å². The summed E-state index contributed by atoms with van der Waals surface area (Å²) in [6.07, 6.45) is 1.86. The number of nitrogens with zero attached hydrogens (tertiary/aromatic N) is 5. The van der Waals surface area contributed by atoms with Gasteiger partial charge in [0.1, 0.15) is 5.54 Å². The second kappa shape index (κ2) is 6.88. The van der Waals surface area contributed by atoms with Gasteiger partial charge in [-0.25, -0.2) is 0 Å². The minimum atomic E-state index is -0.564. The zero-order chi connectivity index (χ0) is 18.0. The van der Waals surface area contributed by atoms with E-state index in [0.717, 1.165) is 26.9 Å². The van der Waals surface area contributed by atoms with Crippen molar-refractivity contribution in [2.45, 2.75) is 33.2 Å². The lowest BCUT2D eigenvalue weighted by Gasteiger charge is -2.20. The molecule has 0 saturated heterocycles. The smallest absolute Gasteiger partial charge is 0.183 e. The van der Waals surface area contributed by atoms with Gasteiger partial charge in [0.2, 0.25) is 0 Å². The second-order valence-corrected chi connectivity index (χ2v) is 7.44. The van der Waals surface area contributed by atoms with Crippen LogP contribution in [-0.2, 0) is 5.54 Å². The molecule has 0 N–H and O–H groups in total. The number of hydrogen-bond donors (Lipinski definition) is 0. The molecule has 0 atom stereocenters. The first kappa shape index (κ1) is 17.5. The topological polar surface area (TPSA) is 56.0 Å². The van der Waals surface area contributed by atoms with Crippen molar-refractivity contribution in [1.82, 2.24) is 20.2 Å². The number of aliphatic imine (C=N–C) groups is 1. The van der Waals surface area contributed by atoms with Crippen molar-refractivity contribution in [1.29, 1.82) is 0 Å². The van der Waals surface area contributed by atoms with Crippen molar-refractivity contribution in [2.24, 2.45) is 4.99 Å². The molecule has 3 aromatic rings. The third-order valence-corrected chi connectivity index (χ3v) is 4.60. The van der Waals surface area contributed by atoms with Crippen LogP contribution < -0.4 is 0 Å². The van der Waals surface area contributed by atoms with Gasteiger partial charge < -0.3 is 0 Å². The van der Waals surface area contributed by atoms with Crippen molar-refractivity contribution in [3.05, 3.63) is 69.5 Å². The summed E-state index contributed by atoms with van der Waals surface area (Å²) in [4.78, 5) is 4.74. The van der Waals surface area contributed by atoms with Gasteiger partial charge in [0.25, 0.3) is 0 Å². The van der Waals surface area contributed by atoms with Gasteiger partial charge in [0, 0.05) is 10.7 Å². The van der Waals surface area contributed by atoms with Crippen LogP contribution >= 0.6 is 15.9 Å². The van der Waals surface area contributed by atoms with Crippen molar-refractivity contribution in [3.63, 3.8) is 0 Å². The molecule has 128 valence electrons. The van der Waals surface area contributed by atoms with Crippen molar-refractivity contribution >= 4 is 22.1 Å². The van der Waals surface area contributed by atoms with Crippen LogP contribution in [0.5, 0.6) is 0 Å². The zero-order valence-corrected chi connectivity index (χ0v) is 16.3. The first-order chi connectivity index (χ1) is 11.9. The summed E-state index contributed by atoms with van der Waals surface area (Å²) in [5, 5.41) is 12.4. The molecule has 5 nitrogen and oxygen atoms in total. The Balaban J connectivity index is 1.99. The number of aryl methyl sites for hydroxylation is 2. The van der Waals surface area contributed by atoms with Gasteiger partial charge in [0.15, 0.2) is 5.82 Å². The third kappa shape index (κ3) is 3.69. The molecule has 0 aliphatic heterocycles. The van der Waals surface area contributed by atoms with Gasteiger partial charge in [-0.2, -0.15) is 4.68 Å². The number of para-hydroxylation sites is 1. The van der Waals surface area contributed by atoms with E-state index < -0.39 is 5.54 Å². The Bertz CT molecular complexity index is 890. The Hall–Kier alpha value is -2.34. The highest BCUT2D eigenvalue weighted by molar-refractivity contribution is 9.10. The van der Waals surface area contributed by atoms with Crippen LogP contribution in [0.4, 0.5) is 0 Å². The molecule has 0 saturated carbocycles. The molecule has 0 aliphatic carbocycles. The normalized spacial score (nSPS) is 12.0. The molecule has 1 heterocycles. The Kier molecular flexibility index (Phi) is 4.81. The van der Waals surface area contributed by atoms with Gasteiger partial charge in [-0.05, 0) is 66.9 Å². The van der Waals surface area contributed by atoms with Crippen LogP contribution in [-0.4, -0.2) is 26.4 Å². The van der Waals surface area contributed by atoms with Crippen molar-refractivity contribution in [2.75, 3.05) is 0 Å². The van der Waals surface area contributed by atoms with E-state index in [4.69, 9.17) is 4.99 Å². The lowest BCUT2D eigenvalue weighted by Crippen LogP contribution is -2.22. The zero-order valence-electron chi connectivity index (χ0n) is 14.7. The highest BCUT2D eigenvalue weighted by atomic mass is 79.9. The number of halogens is 1. The predicted octanol–water partition coefficient (Wildman–Crippen LogP) is 4.40. The molecular formula is C19H20BrN5. The standard InChI is InChI=1S/C19H20BrN5/c1-13-6-5-7-14(2)17(13)25-18(22-23-24-25)19(3,4)21-12-15-8-10-16(20)11-9-15/h5-12H,1-4H3. The molecule has 0 unspecified atom stereocenters. The lowest BCUT2D eigenvalue weighted by atomic mass is 10.0. The fourth-order valence-corrected chi connectivity index (χ4v) is 2.97. The molecule has 0 aliphatic rings. The largest absolute Gasteiger partial charge is 0.278 e. The SMILES string of the molecule is Cc1cccc(C)c1-n1nnnc1C(C)(C)N=Cc1ccc(Br)cc1. The Morgan fingerprint density at radius 3 is 2.32 bits per heavy atom. The van der Waals surface area contributed by atoms with Crippen LogP contribution in [0.1, 0.15) is 36.4 Å². The maximum absolute atomic E-state index is 4.74. The van der Waals surface area contributed by atoms with Crippen molar-refractivity contribution < 1.29 is 0 Å². The molecule has 0 fully saturated rings. The van der Waals surface area contributed by atoms with Crippen LogP contribution in [0.25, 0.3) is 5.69 Å². The predicted molar refractivity (Wildman–Crippen MR) is 103 cm³/mol. The van der Waals surface area contributed by atoms with E-state index >= 15 is 0 Å². The average Bonchev–Trinajstić information content (AvgIpc) is 3.04. The summed E-state index contributed by atoms with van der Waals surface area (Å²) < 4.78 is 2.84. The van der Waals surface area contributed by atoms with Gasteiger partial charge in [0.05, 0.1) is 5.69 Å². The van der Waals surface area contributed by atoms with E-state index in [2.05, 4.69) is 57.4 Å². The minimum Gasteiger partial charge on any atom is -0.278 e. The van der Waals surface area contributed by atoms with Crippen LogP contribution in [0.3, 0.4) is 0 Å². The summed E-state index contributed by atoms with van der Waals surface area (Å²) in [6.45, 7) is 8.15. The number of tetrazole rings is 1. The van der Waals surface area contributed by atoms with E-state index in [1.54, 1.807) is 4.68 Å². The van der Waals surface area contributed by atoms with Crippen LogP contribution in [0.2, 0.25) is 0 Å². The highest BCUT2D eigenvalue weighted by Gasteiger charge is 2.28. The van der Waals surface area contributed by atoms with E-state index in [0.29, 0.717) is 5.82 Å². The lowest BCUT2D eigenvalue weighted by molar-refractivity contribution is 0.502. The Morgan fingerprint density at radius 1 is 1.04 bits per heavy atom. The van der Waals surface area contributed by atoms with Gasteiger partial charge in [-0.1, -0.05) is 46.3 Å². The summed E-state index contributed by atoms with van der Waals surface area (Å²) >= 11 is 3.44. The number of hydrogen-bond acceptors (Lipinski definition) is 4. The molecule has 25 heavy (non-hydrogen) atoms. The molecule has 0 bridgehead atoms. The summed E-state index contributed by atoms with van der Waals surface area (Å²) in [5.74, 6) is 0.707. The minimum absolute atomic E-state index is 0.564. The van der Waals surface area contributed by atoms with E-state index in [1.807, 2.05) is 50.4 Å². The molecule has 1 aromatic heterocycles. The molecule has 6 heteroatoms. The second-order valence-electron chi connectivity index (χ2n) is 6.52. The first-order valence-corrected chi connectivity index (χ1v) is 8.84. The van der Waals surface area contributed by atoms with Crippen LogP contribution in [0, 0.1) is 13.8 Å². The highest BCUT2D eigenvalue weighted by Crippen LogP contribution is 2.27. The van der Waals surface area contributed by atoms with E-state index in [9.17, 15) is 0 Å². The quantitative estimate of drug-likeness (QED) is 0.613. The number of benzene rings is 2. The Labute approximate surface area is 155 Å². The molecule has 0 spiro atoms. The average molecular weight is 398 g/mol. The monoisotopic (exact) mass is 397 g/mol. The molecule has 0 radical (unpaired) electrons. The third-order valence-electron chi connectivity index (χ3n) is 4.07. The molecule has 0 amide bonds.